The number of hydrogen-bond donors (Lipinski definition) is 0. The van der Waals surface area contributed by atoms with Gasteiger partial charge >= 0.3 is 0 Å². The van der Waals surface area contributed by atoms with Crippen LogP contribution in [0.1, 0.15) is 22.7 Å². The van der Waals surface area contributed by atoms with E-state index in [0.717, 1.165) is 28.2 Å². The van der Waals surface area contributed by atoms with Gasteiger partial charge in [0.05, 0.1) is 33.6 Å². The van der Waals surface area contributed by atoms with Crippen molar-refractivity contribution in [1.29, 1.82) is 0 Å². The van der Waals surface area contributed by atoms with Gasteiger partial charge < -0.3 is 23.7 Å². The second kappa shape index (κ2) is 6.29. The van der Waals surface area contributed by atoms with E-state index in [-0.39, 0.29) is 6.04 Å². The van der Waals surface area contributed by atoms with E-state index in [4.69, 9.17) is 23.7 Å². The van der Waals surface area contributed by atoms with Crippen molar-refractivity contribution in [2.24, 2.45) is 4.99 Å². The maximum Gasteiger partial charge on any atom is 0.203 e. The largest absolute Gasteiger partial charge is 0.493 e. The summed E-state index contributed by atoms with van der Waals surface area (Å²) in [5.74, 6) is 2.69. The van der Waals surface area contributed by atoms with Gasteiger partial charge in [-0.2, -0.15) is 0 Å². The molecule has 4 rings (SSSR count). The molecule has 0 N–H and O–H groups in total. The number of rotatable bonds is 5. The van der Waals surface area contributed by atoms with Crippen LogP contribution >= 0.6 is 0 Å². The Morgan fingerprint density at radius 2 is 1.80 bits per heavy atom. The highest BCUT2D eigenvalue weighted by atomic mass is 16.7. The van der Waals surface area contributed by atoms with Crippen LogP contribution in [0.2, 0.25) is 0 Å². The fourth-order valence-electron chi connectivity index (χ4n) is 3.15. The van der Waals surface area contributed by atoms with E-state index in [9.17, 15) is 0 Å². The Morgan fingerprint density at radius 1 is 1.04 bits per heavy atom. The molecule has 1 atom stereocenters. The molecule has 6 nitrogen and oxygen atoms in total. The molecule has 0 aliphatic carbocycles. The molecule has 0 fully saturated rings. The van der Waals surface area contributed by atoms with Crippen molar-refractivity contribution < 1.29 is 23.7 Å². The molecule has 2 aliphatic rings. The van der Waals surface area contributed by atoms with E-state index < -0.39 is 0 Å². The van der Waals surface area contributed by atoms with Crippen molar-refractivity contribution in [3.05, 3.63) is 47.0 Å². The number of methoxy groups -OCH3 is 3. The fourth-order valence-corrected chi connectivity index (χ4v) is 3.15. The van der Waals surface area contributed by atoms with E-state index >= 15 is 0 Å². The lowest BCUT2D eigenvalue weighted by Gasteiger charge is -2.19. The topological polar surface area (TPSA) is 58.5 Å². The van der Waals surface area contributed by atoms with Crippen LogP contribution in [0.25, 0.3) is 0 Å². The van der Waals surface area contributed by atoms with Gasteiger partial charge in [-0.25, -0.2) is 0 Å². The SMILES string of the molecule is COc1cc(C2N=C2c2cccc3c2COCO3)cc(OC)c1OC. The summed E-state index contributed by atoms with van der Waals surface area (Å²) >= 11 is 0. The first-order valence-corrected chi connectivity index (χ1v) is 7.97. The highest BCUT2D eigenvalue weighted by Gasteiger charge is 2.35. The Kier molecular flexibility index (Phi) is 3.97. The zero-order chi connectivity index (χ0) is 17.4. The molecule has 2 aliphatic heterocycles. The number of fused-ring (bicyclic) bond motifs is 1. The summed E-state index contributed by atoms with van der Waals surface area (Å²) in [6.07, 6.45) is 0. The maximum atomic E-state index is 5.55. The average molecular weight is 341 g/mol. The van der Waals surface area contributed by atoms with E-state index in [1.165, 1.54) is 0 Å². The molecule has 6 heteroatoms. The van der Waals surface area contributed by atoms with E-state index in [2.05, 4.69) is 4.99 Å². The smallest absolute Gasteiger partial charge is 0.203 e. The Hall–Kier alpha value is -2.73. The molecule has 0 radical (unpaired) electrons. The van der Waals surface area contributed by atoms with Crippen LogP contribution in [0.3, 0.4) is 0 Å². The second-order valence-electron chi connectivity index (χ2n) is 5.77. The monoisotopic (exact) mass is 341 g/mol. The molecule has 0 saturated carbocycles. The van der Waals surface area contributed by atoms with Crippen LogP contribution < -0.4 is 18.9 Å². The van der Waals surface area contributed by atoms with Gasteiger partial charge in [-0.1, -0.05) is 12.1 Å². The minimum atomic E-state index is -0.0258. The second-order valence-corrected chi connectivity index (χ2v) is 5.77. The number of nitrogens with zero attached hydrogens (tertiary/aromatic N) is 1. The Balaban J connectivity index is 1.67. The summed E-state index contributed by atoms with van der Waals surface area (Å²) in [5, 5.41) is 0. The highest BCUT2D eigenvalue weighted by molar-refractivity contribution is 6.15. The zero-order valence-corrected chi connectivity index (χ0v) is 14.4. The van der Waals surface area contributed by atoms with Gasteiger partial charge in [-0.15, -0.1) is 0 Å². The third-order valence-electron chi connectivity index (χ3n) is 4.42. The van der Waals surface area contributed by atoms with Gasteiger partial charge in [0.1, 0.15) is 11.8 Å². The molecule has 25 heavy (non-hydrogen) atoms. The molecule has 0 amide bonds. The molecule has 2 aromatic rings. The molecule has 2 aromatic carbocycles. The zero-order valence-electron chi connectivity index (χ0n) is 14.4. The van der Waals surface area contributed by atoms with Gasteiger partial charge in [0, 0.05) is 11.1 Å². The molecule has 1 unspecified atom stereocenters. The van der Waals surface area contributed by atoms with Crippen molar-refractivity contribution in [3.8, 4) is 23.0 Å². The van der Waals surface area contributed by atoms with Crippen LogP contribution in [-0.2, 0) is 11.3 Å². The summed E-state index contributed by atoms with van der Waals surface area (Å²) in [5.41, 5.74) is 4.12. The lowest BCUT2D eigenvalue weighted by Crippen LogP contribution is -2.14. The van der Waals surface area contributed by atoms with Gasteiger partial charge in [0.2, 0.25) is 5.75 Å². The van der Waals surface area contributed by atoms with Crippen LogP contribution in [0.15, 0.2) is 35.3 Å². The van der Waals surface area contributed by atoms with E-state index in [1.54, 1.807) is 21.3 Å². The van der Waals surface area contributed by atoms with Gasteiger partial charge in [-0.3, -0.25) is 4.99 Å². The summed E-state index contributed by atoms with van der Waals surface area (Å²) in [6.45, 7) is 0.825. The quantitative estimate of drug-likeness (QED) is 0.836. The number of ether oxygens (including phenoxy) is 5. The van der Waals surface area contributed by atoms with Crippen LogP contribution in [0.5, 0.6) is 23.0 Å². The maximum absolute atomic E-state index is 5.55. The lowest BCUT2D eigenvalue weighted by molar-refractivity contribution is -0.0164. The van der Waals surface area contributed by atoms with Crippen LogP contribution in [0.4, 0.5) is 0 Å². The predicted molar refractivity (Wildman–Crippen MR) is 92.1 cm³/mol. The van der Waals surface area contributed by atoms with E-state index in [1.807, 2.05) is 30.3 Å². The summed E-state index contributed by atoms with van der Waals surface area (Å²) < 4.78 is 27.2. The molecule has 0 aromatic heterocycles. The standard InChI is InChI=1S/C19H19NO5/c1-21-15-7-11(8-16(22-2)19(15)23-3)17-18(20-17)12-5-4-6-14-13(12)9-24-10-25-14/h4-8,17H,9-10H2,1-3H3. The first kappa shape index (κ1) is 15.8. The van der Waals surface area contributed by atoms with Crippen molar-refractivity contribution in [2.75, 3.05) is 28.1 Å². The number of benzene rings is 2. The molecular weight excluding hydrogens is 322 g/mol. The molecule has 2 heterocycles. The minimum Gasteiger partial charge on any atom is -0.493 e. The van der Waals surface area contributed by atoms with Crippen molar-refractivity contribution >= 4 is 5.71 Å². The molecule has 0 bridgehead atoms. The molecule has 0 saturated heterocycles. The third-order valence-corrected chi connectivity index (χ3v) is 4.42. The first-order chi connectivity index (χ1) is 12.3. The predicted octanol–water partition coefficient (Wildman–Crippen LogP) is 3.12. The molecule has 130 valence electrons. The Bertz CT molecular complexity index is 821. The Morgan fingerprint density at radius 3 is 2.48 bits per heavy atom. The lowest BCUT2D eigenvalue weighted by atomic mass is 9.98. The third kappa shape index (κ3) is 2.68. The fraction of sp³-hybridized carbons (Fsp3) is 0.316. The number of aliphatic imine (C=N–C) groups is 1. The van der Waals surface area contributed by atoms with Gasteiger partial charge in [-0.05, 0) is 23.8 Å². The molecule has 0 spiro atoms. The van der Waals surface area contributed by atoms with Crippen LogP contribution in [0, 0.1) is 0 Å². The van der Waals surface area contributed by atoms with Crippen molar-refractivity contribution in [3.63, 3.8) is 0 Å². The molecular formula is C19H19NO5. The normalized spacial score (nSPS) is 17.9. The first-order valence-electron chi connectivity index (χ1n) is 7.97. The van der Waals surface area contributed by atoms with Crippen molar-refractivity contribution in [1.82, 2.24) is 0 Å². The average Bonchev–Trinajstić information content (AvgIpc) is 3.47. The summed E-state index contributed by atoms with van der Waals surface area (Å²) in [6, 6.07) is 9.83. The highest BCUT2D eigenvalue weighted by Crippen LogP contribution is 2.45. The summed E-state index contributed by atoms with van der Waals surface area (Å²) in [4.78, 5) is 4.66. The summed E-state index contributed by atoms with van der Waals surface area (Å²) in [7, 11) is 4.81. The van der Waals surface area contributed by atoms with Gasteiger partial charge in [0.25, 0.3) is 0 Å². The Labute approximate surface area is 145 Å². The van der Waals surface area contributed by atoms with Crippen molar-refractivity contribution in [2.45, 2.75) is 12.6 Å². The minimum absolute atomic E-state index is 0.0258. The number of hydrogen-bond acceptors (Lipinski definition) is 6. The van der Waals surface area contributed by atoms with Gasteiger partial charge in [0.15, 0.2) is 18.3 Å². The van der Waals surface area contributed by atoms with Crippen LogP contribution in [-0.4, -0.2) is 33.8 Å². The van der Waals surface area contributed by atoms with E-state index in [0.29, 0.717) is 30.6 Å².